The molecule has 1 saturated carbocycles. The van der Waals surface area contributed by atoms with Gasteiger partial charge in [-0.1, -0.05) is 36.6 Å². The van der Waals surface area contributed by atoms with Gasteiger partial charge in [0.15, 0.2) is 0 Å². The zero-order valence-corrected chi connectivity index (χ0v) is 15.0. The van der Waals surface area contributed by atoms with Crippen LogP contribution in [0.2, 0.25) is 0 Å². The molecule has 0 spiro atoms. The number of rotatable bonds is 5. The third kappa shape index (κ3) is 3.87. The molecule has 1 aliphatic heterocycles. The second-order valence-corrected chi connectivity index (χ2v) is 7.44. The van der Waals surface area contributed by atoms with Gasteiger partial charge in [-0.15, -0.1) is 0 Å². The van der Waals surface area contributed by atoms with Gasteiger partial charge >= 0.3 is 0 Å². The van der Waals surface area contributed by atoms with Crippen molar-refractivity contribution in [2.45, 2.75) is 44.4 Å². The van der Waals surface area contributed by atoms with Gasteiger partial charge in [-0.25, -0.2) is 0 Å². The van der Waals surface area contributed by atoms with E-state index in [0.29, 0.717) is 11.7 Å². The number of benzene rings is 1. The van der Waals surface area contributed by atoms with Crippen molar-refractivity contribution in [1.82, 2.24) is 15.0 Å². The van der Waals surface area contributed by atoms with Crippen molar-refractivity contribution in [3.8, 4) is 17.1 Å². The van der Waals surface area contributed by atoms with E-state index in [2.05, 4.69) is 15.0 Å². The second kappa shape index (κ2) is 7.56. The minimum Gasteiger partial charge on any atom is -0.497 e. The van der Waals surface area contributed by atoms with Crippen LogP contribution in [0.1, 0.15) is 50.3 Å². The molecule has 0 radical (unpaired) electrons. The molecule has 2 aliphatic rings. The monoisotopic (exact) mass is 341 g/mol. The number of hydrogen-bond acceptors (Lipinski definition) is 5. The maximum absolute atomic E-state index is 5.59. The third-order valence-electron chi connectivity index (χ3n) is 5.63. The first-order chi connectivity index (χ1) is 12.3. The van der Waals surface area contributed by atoms with Crippen LogP contribution in [0.25, 0.3) is 11.4 Å². The van der Waals surface area contributed by atoms with E-state index in [0.717, 1.165) is 42.6 Å². The van der Waals surface area contributed by atoms with Crippen LogP contribution in [0.5, 0.6) is 5.75 Å². The molecule has 1 atom stereocenters. The van der Waals surface area contributed by atoms with E-state index in [1.54, 1.807) is 7.11 Å². The summed E-state index contributed by atoms with van der Waals surface area (Å²) < 4.78 is 10.9. The van der Waals surface area contributed by atoms with Crippen molar-refractivity contribution in [3.05, 3.63) is 30.2 Å². The Morgan fingerprint density at radius 2 is 2.08 bits per heavy atom. The number of nitrogens with zero attached hydrogens (tertiary/aromatic N) is 3. The summed E-state index contributed by atoms with van der Waals surface area (Å²) in [6, 6.07) is 7.80. The molecule has 2 fully saturated rings. The number of likely N-dealkylation sites (tertiary alicyclic amines) is 1. The highest BCUT2D eigenvalue weighted by atomic mass is 16.5. The predicted molar refractivity (Wildman–Crippen MR) is 96.7 cm³/mol. The SMILES string of the molecule is COc1cccc(-c2noc(C3CCN(CC4CCCCC4)C3)n2)c1. The van der Waals surface area contributed by atoms with Crippen molar-refractivity contribution < 1.29 is 9.26 Å². The van der Waals surface area contributed by atoms with E-state index >= 15 is 0 Å². The summed E-state index contributed by atoms with van der Waals surface area (Å²) in [5.74, 6) is 3.50. The van der Waals surface area contributed by atoms with Gasteiger partial charge in [-0.2, -0.15) is 4.98 Å². The summed E-state index contributed by atoms with van der Waals surface area (Å²) in [5, 5.41) is 4.19. The second-order valence-electron chi connectivity index (χ2n) is 7.44. The van der Waals surface area contributed by atoms with Gasteiger partial charge in [0.05, 0.1) is 13.0 Å². The Morgan fingerprint density at radius 3 is 2.92 bits per heavy atom. The largest absolute Gasteiger partial charge is 0.497 e. The molecule has 0 bridgehead atoms. The summed E-state index contributed by atoms with van der Waals surface area (Å²) in [4.78, 5) is 7.25. The van der Waals surface area contributed by atoms with Gasteiger partial charge in [0, 0.05) is 18.7 Å². The summed E-state index contributed by atoms with van der Waals surface area (Å²) in [6.07, 6.45) is 8.18. The molecule has 1 unspecified atom stereocenters. The summed E-state index contributed by atoms with van der Waals surface area (Å²) in [7, 11) is 1.67. The highest BCUT2D eigenvalue weighted by Crippen LogP contribution is 2.31. The molecule has 5 heteroatoms. The smallest absolute Gasteiger partial charge is 0.231 e. The molecule has 25 heavy (non-hydrogen) atoms. The Bertz CT molecular complexity index is 694. The lowest BCUT2D eigenvalue weighted by Gasteiger charge is -2.26. The Hall–Kier alpha value is -1.88. The normalized spacial score (nSPS) is 22.4. The van der Waals surface area contributed by atoms with Crippen molar-refractivity contribution >= 4 is 0 Å². The highest BCUT2D eigenvalue weighted by Gasteiger charge is 2.30. The van der Waals surface area contributed by atoms with Crippen LogP contribution in [-0.2, 0) is 0 Å². The zero-order valence-electron chi connectivity index (χ0n) is 15.0. The van der Waals surface area contributed by atoms with Crippen LogP contribution < -0.4 is 4.74 Å². The average molecular weight is 341 g/mol. The maximum atomic E-state index is 5.59. The molecule has 5 nitrogen and oxygen atoms in total. The Kier molecular flexibility index (Phi) is 5.02. The quantitative estimate of drug-likeness (QED) is 0.819. The molecular weight excluding hydrogens is 314 g/mol. The zero-order chi connectivity index (χ0) is 17.1. The highest BCUT2D eigenvalue weighted by molar-refractivity contribution is 5.56. The average Bonchev–Trinajstić information content (AvgIpc) is 3.32. The van der Waals surface area contributed by atoms with Gasteiger partial charge < -0.3 is 14.2 Å². The topological polar surface area (TPSA) is 51.4 Å². The summed E-state index contributed by atoms with van der Waals surface area (Å²) in [6.45, 7) is 3.45. The van der Waals surface area contributed by atoms with Crippen LogP contribution in [0, 0.1) is 5.92 Å². The molecule has 2 heterocycles. The van der Waals surface area contributed by atoms with Gasteiger partial charge in [-0.3, -0.25) is 0 Å². The lowest BCUT2D eigenvalue weighted by Crippen LogP contribution is -2.28. The molecule has 0 amide bonds. The first kappa shape index (κ1) is 16.6. The standard InChI is InChI=1S/C20H27N3O2/c1-24-18-9-5-8-16(12-18)19-21-20(25-22-19)17-10-11-23(14-17)13-15-6-3-2-4-7-15/h5,8-9,12,15,17H,2-4,6-7,10-11,13-14H2,1H3. The third-order valence-corrected chi connectivity index (χ3v) is 5.63. The number of hydrogen-bond donors (Lipinski definition) is 0. The molecular formula is C20H27N3O2. The fourth-order valence-corrected chi connectivity index (χ4v) is 4.22. The van der Waals surface area contributed by atoms with Gasteiger partial charge in [0.2, 0.25) is 11.7 Å². The van der Waals surface area contributed by atoms with E-state index in [4.69, 9.17) is 9.26 Å². The summed E-state index contributed by atoms with van der Waals surface area (Å²) >= 11 is 0. The first-order valence-corrected chi connectivity index (χ1v) is 9.52. The van der Waals surface area contributed by atoms with Crippen LogP contribution in [0.3, 0.4) is 0 Å². The first-order valence-electron chi connectivity index (χ1n) is 9.52. The van der Waals surface area contributed by atoms with Crippen LogP contribution in [-0.4, -0.2) is 41.8 Å². The van der Waals surface area contributed by atoms with Crippen molar-refractivity contribution in [1.29, 1.82) is 0 Å². The lowest BCUT2D eigenvalue weighted by molar-refractivity contribution is 0.229. The van der Waals surface area contributed by atoms with Crippen molar-refractivity contribution in [2.24, 2.45) is 5.92 Å². The minimum atomic E-state index is 0.371. The van der Waals surface area contributed by atoms with Crippen LogP contribution in [0.4, 0.5) is 0 Å². The van der Waals surface area contributed by atoms with E-state index in [1.807, 2.05) is 24.3 Å². The fourth-order valence-electron chi connectivity index (χ4n) is 4.22. The maximum Gasteiger partial charge on any atom is 0.231 e. The molecule has 2 aromatic rings. The molecule has 1 saturated heterocycles. The van der Waals surface area contributed by atoms with Crippen molar-refractivity contribution in [3.63, 3.8) is 0 Å². The Balaban J connectivity index is 1.39. The van der Waals surface area contributed by atoms with E-state index in [9.17, 15) is 0 Å². The fraction of sp³-hybridized carbons (Fsp3) is 0.600. The van der Waals surface area contributed by atoms with E-state index in [-0.39, 0.29) is 0 Å². The minimum absolute atomic E-state index is 0.371. The summed E-state index contributed by atoms with van der Waals surface area (Å²) in [5.41, 5.74) is 0.936. The Morgan fingerprint density at radius 1 is 1.20 bits per heavy atom. The number of ether oxygens (including phenoxy) is 1. The molecule has 0 N–H and O–H groups in total. The van der Waals surface area contributed by atoms with Crippen LogP contribution in [0.15, 0.2) is 28.8 Å². The van der Waals surface area contributed by atoms with Gasteiger partial charge in [-0.05, 0) is 43.9 Å². The molecule has 1 aromatic heterocycles. The van der Waals surface area contributed by atoms with Gasteiger partial charge in [0.1, 0.15) is 5.75 Å². The lowest BCUT2D eigenvalue weighted by atomic mass is 9.89. The predicted octanol–water partition coefficient (Wildman–Crippen LogP) is 4.11. The van der Waals surface area contributed by atoms with E-state index in [1.165, 1.54) is 38.6 Å². The van der Waals surface area contributed by atoms with E-state index < -0.39 is 0 Å². The number of methoxy groups -OCH3 is 1. The number of aromatic nitrogens is 2. The molecule has 4 rings (SSSR count). The van der Waals surface area contributed by atoms with Gasteiger partial charge in [0.25, 0.3) is 0 Å². The molecule has 134 valence electrons. The van der Waals surface area contributed by atoms with Crippen LogP contribution >= 0.6 is 0 Å². The molecule has 1 aliphatic carbocycles. The molecule has 1 aromatic carbocycles. The Labute approximate surface area is 149 Å². The van der Waals surface area contributed by atoms with Crippen molar-refractivity contribution in [2.75, 3.05) is 26.7 Å².